The average molecular weight is 378 g/mol. The minimum atomic E-state index is -2.59. The molecule has 2 aromatic rings. The molecule has 23 heavy (non-hydrogen) atoms. The maximum atomic E-state index is 13.0. The van der Waals surface area contributed by atoms with Crippen LogP contribution in [0.15, 0.2) is 42.5 Å². The quantitative estimate of drug-likeness (QED) is 0.565. The molecule has 0 aromatic heterocycles. The van der Waals surface area contributed by atoms with Crippen LogP contribution in [0, 0.1) is 0 Å². The third-order valence-electron chi connectivity index (χ3n) is 4.08. The van der Waals surface area contributed by atoms with E-state index in [1.807, 2.05) is 24.3 Å². The van der Waals surface area contributed by atoms with Gasteiger partial charge in [0.2, 0.25) is 0 Å². The number of ether oxygens (including phenoxy) is 1. The molecule has 6 heteroatoms. The van der Waals surface area contributed by atoms with Crippen LogP contribution < -0.4 is 4.74 Å². The molecule has 1 aliphatic carbocycles. The molecule has 122 valence electrons. The van der Waals surface area contributed by atoms with Crippen LogP contribution >= 0.6 is 34.8 Å². The van der Waals surface area contributed by atoms with Crippen molar-refractivity contribution >= 4 is 34.8 Å². The lowest BCUT2D eigenvalue weighted by Gasteiger charge is -2.06. The van der Waals surface area contributed by atoms with Crippen LogP contribution in [0.25, 0.3) is 0 Å². The molecule has 1 aliphatic rings. The van der Waals surface area contributed by atoms with Gasteiger partial charge in [-0.2, -0.15) is 0 Å². The van der Waals surface area contributed by atoms with Crippen LogP contribution in [0.1, 0.15) is 35.0 Å². The van der Waals surface area contributed by atoms with Crippen LogP contribution in [0.3, 0.4) is 0 Å². The van der Waals surface area contributed by atoms with Crippen molar-refractivity contribution in [2.45, 2.75) is 22.6 Å². The van der Waals surface area contributed by atoms with Crippen molar-refractivity contribution in [3.8, 4) is 5.75 Å². The summed E-state index contributed by atoms with van der Waals surface area (Å²) in [5, 5.41) is 0.252. The van der Waals surface area contributed by atoms with Crippen molar-refractivity contribution in [1.82, 2.24) is 0 Å². The van der Waals surface area contributed by atoms with Crippen LogP contribution in [0.4, 0.5) is 8.78 Å². The van der Waals surface area contributed by atoms with Crippen molar-refractivity contribution in [2.24, 2.45) is 0 Å². The van der Waals surface area contributed by atoms with Crippen molar-refractivity contribution in [3.05, 3.63) is 64.2 Å². The molecule has 0 saturated heterocycles. The zero-order valence-electron chi connectivity index (χ0n) is 12.1. The minimum absolute atomic E-state index is 0.128. The van der Waals surface area contributed by atoms with Gasteiger partial charge in [-0.25, -0.2) is 8.78 Å². The Morgan fingerprint density at radius 1 is 1.00 bits per heavy atom. The first kappa shape index (κ1) is 16.8. The van der Waals surface area contributed by atoms with E-state index in [4.69, 9.17) is 39.5 Å². The number of alkyl halides is 4. The Labute approximate surface area is 148 Å². The standard InChI is InChI=1S/C17H13Cl3F2O/c1-23-13-4-2-9(3-5-13)14-15(17(14,19)20)10-6-11(16(21)22)8-12(18)7-10/h2-8,14-16H,1H3/t14-,15-/m0/s1. The maximum absolute atomic E-state index is 13.0. The summed E-state index contributed by atoms with van der Waals surface area (Å²) in [6, 6.07) is 11.7. The largest absolute Gasteiger partial charge is 0.497 e. The highest BCUT2D eigenvalue weighted by Gasteiger charge is 2.64. The molecule has 1 nitrogen and oxygen atoms in total. The van der Waals surface area contributed by atoms with Gasteiger partial charge in [0.05, 0.1) is 7.11 Å². The molecule has 0 heterocycles. The van der Waals surface area contributed by atoms with Crippen molar-refractivity contribution in [1.29, 1.82) is 0 Å². The summed E-state index contributed by atoms with van der Waals surface area (Å²) in [4.78, 5) is 0. The fourth-order valence-electron chi connectivity index (χ4n) is 2.91. The van der Waals surface area contributed by atoms with E-state index in [1.54, 1.807) is 13.2 Å². The predicted molar refractivity (Wildman–Crippen MR) is 89.3 cm³/mol. The van der Waals surface area contributed by atoms with Gasteiger partial charge in [0.15, 0.2) is 0 Å². The Bertz CT molecular complexity index is 716. The first-order valence-electron chi connectivity index (χ1n) is 6.95. The number of halogens is 5. The molecular weight excluding hydrogens is 365 g/mol. The Balaban J connectivity index is 1.94. The third-order valence-corrected chi connectivity index (χ3v) is 5.24. The molecular formula is C17H13Cl3F2O. The molecule has 0 aliphatic heterocycles. The molecule has 0 unspecified atom stereocenters. The number of hydrogen-bond donors (Lipinski definition) is 0. The van der Waals surface area contributed by atoms with E-state index >= 15 is 0 Å². The summed E-state index contributed by atoms with van der Waals surface area (Å²) in [6.07, 6.45) is -2.59. The maximum Gasteiger partial charge on any atom is 0.263 e. The van der Waals surface area contributed by atoms with E-state index in [9.17, 15) is 8.78 Å². The lowest BCUT2D eigenvalue weighted by molar-refractivity contribution is 0.151. The monoisotopic (exact) mass is 376 g/mol. The molecule has 2 aromatic carbocycles. The highest BCUT2D eigenvalue weighted by molar-refractivity contribution is 6.52. The van der Waals surface area contributed by atoms with Gasteiger partial charge in [0, 0.05) is 22.4 Å². The van der Waals surface area contributed by atoms with Crippen LogP contribution in [0.2, 0.25) is 5.02 Å². The second kappa shape index (κ2) is 6.12. The fraction of sp³-hybridized carbons (Fsp3) is 0.294. The van der Waals surface area contributed by atoms with Gasteiger partial charge in [0.1, 0.15) is 10.1 Å². The summed E-state index contributed by atoms with van der Waals surface area (Å²) in [6.45, 7) is 0. The van der Waals surface area contributed by atoms with E-state index in [-0.39, 0.29) is 22.4 Å². The van der Waals surface area contributed by atoms with E-state index in [0.29, 0.717) is 5.56 Å². The van der Waals surface area contributed by atoms with Crippen molar-refractivity contribution in [2.75, 3.05) is 7.11 Å². The van der Waals surface area contributed by atoms with E-state index in [0.717, 1.165) is 11.3 Å². The number of methoxy groups -OCH3 is 1. The number of benzene rings is 2. The Morgan fingerprint density at radius 3 is 2.17 bits per heavy atom. The predicted octanol–water partition coefficient (Wildman–Crippen LogP) is 6.34. The molecule has 2 atom stereocenters. The number of rotatable bonds is 4. The Kier molecular flexibility index (Phi) is 4.47. The highest BCUT2D eigenvalue weighted by atomic mass is 35.5. The van der Waals surface area contributed by atoms with Crippen LogP contribution in [-0.2, 0) is 0 Å². The molecule has 1 saturated carbocycles. The van der Waals surface area contributed by atoms with E-state index in [2.05, 4.69) is 0 Å². The van der Waals surface area contributed by atoms with Crippen molar-refractivity contribution < 1.29 is 13.5 Å². The Hall–Kier alpha value is -1.03. The smallest absolute Gasteiger partial charge is 0.263 e. The fourth-order valence-corrected chi connectivity index (χ4v) is 4.04. The average Bonchev–Trinajstić information content (AvgIpc) is 3.09. The van der Waals surface area contributed by atoms with Gasteiger partial charge in [-0.05, 0) is 41.5 Å². The van der Waals surface area contributed by atoms with Gasteiger partial charge < -0.3 is 4.74 Å². The summed E-state index contributed by atoms with van der Waals surface area (Å²) in [7, 11) is 1.58. The van der Waals surface area contributed by atoms with Gasteiger partial charge in [-0.3, -0.25) is 0 Å². The second-order valence-electron chi connectivity index (χ2n) is 5.52. The molecule has 0 bridgehead atoms. The zero-order valence-corrected chi connectivity index (χ0v) is 14.3. The van der Waals surface area contributed by atoms with Gasteiger partial charge in [-0.15, -0.1) is 23.2 Å². The SMILES string of the molecule is COc1ccc([C@H]2[C@H](c3cc(Cl)cc(C(F)F)c3)C2(Cl)Cl)cc1. The summed E-state index contributed by atoms with van der Waals surface area (Å²) < 4.78 is 30.0. The zero-order chi connectivity index (χ0) is 16.8. The summed E-state index contributed by atoms with van der Waals surface area (Å²) in [5.74, 6) is 0.264. The minimum Gasteiger partial charge on any atom is -0.497 e. The highest BCUT2D eigenvalue weighted by Crippen LogP contribution is 2.70. The van der Waals surface area contributed by atoms with Gasteiger partial charge >= 0.3 is 0 Å². The lowest BCUT2D eigenvalue weighted by atomic mass is 10.0. The summed E-state index contributed by atoms with van der Waals surface area (Å²) in [5.41, 5.74) is 1.43. The van der Waals surface area contributed by atoms with Crippen molar-refractivity contribution in [3.63, 3.8) is 0 Å². The molecule has 0 radical (unpaired) electrons. The lowest BCUT2D eigenvalue weighted by Crippen LogP contribution is -1.93. The van der Waals surface area contributed by atoms with Crippen LogP contribution in [0.5, 0.6) is 5.75 Å². The van der Waals surface area contributed by atoms with E-state index < -0.39 is 10.8 Å². The Morgan fingerprint density at radius 2 is 1.61 bits per heavy atom. The molecule has 1 fully saturated rings. The molecule has 0 amide bonds. The molecule has 0 spiro atoms. The second-order valence-corrected chi connectivity index (χ2v) is 7.40. The van der Waals surface area contributed by atoms with Gasteiger partial charge in [-0.1, -0.05) is 23.7 Å². The first-order valence-corrected chi connectivity index (χ1v) is 8.08. The van der Waals surface area contributed by atoms with E-state index in [1.165, 1.54) is 12.1 Å². The topological polar surface area (TPSA) is 9.23 Å². The van der Waals surface area contributed by atoms with Gasteiger partial charge in [0.25, 0.3) is 6.43 Å². The normalized spacial score (nSPS) is 22.2. The molecule has 0 N–H and O–H groups in total. The number of hydrogen-bond acceptors (Lipinski definition) is 1. The first-order chi connectivity index (χ1) is 10.8. The van der Waals surface area contributed by atoms with Crippen LogP contribution in [-0.4, -0.2) is 11.4 Å². The third kappa shape index (κ3) is 3.15. The summed E-state index contributed by atoms with van der Waals surface area (Å²) >= 11 is 18.8. The molecule has 3 rings (SSSR count).